The summed E-state index contributed by atoms with van der Waals surface area (Å²) in [7, 11) is 0. The molecule has 6 nitrogen and oxygen atoms in total. The van der Waals surface area contributed by atoms with Crippen LogP contribution in [0.25, 0.3) is 0 Å². The number of rotatable bonds is 49. The largest absolute Gasteiger partial charge is 0.462 e. The van der Waals surface area contributed by atoms with Crippen LogP contribution in [-0.2, 0) is 14.3 Å². The minimum absolute atomic E-state index is 0.0879. The average Bonchev–Trinajstić information content (AvgIpc) is 3.23. The summed E-state index contributed by atoms with van der Waals surface area (Å²) in [5, 5.41) is 23.8. The number of hydrogen-bond acceptors (Lipinski definition) is 5. The maximum Gasteiger partial charge on any atom is 0.306 e. The molecule has 0 aromatic carbocycles. The van der Waals surface area contributed by atoms with Gasteiger partial charge >= 0.3 is 5.97 Å². The number of unbranched alkanes of at least 4 members (excludes halogenated alkanes) is 37. The third kappa shape index (κ3) is 43.3. The number of aliphatic hydroxyl groups is 2. The summed E-state index contributed by atoms with van der Waals surface area (Å²) >= 11 is 0. The monoisotopic (exact) mass is 836 g/mol. The van der Waals surface area contributed by atoms with E-state index in [0.29, 0.717) is 19.3 Å². The molecule has 0 spiro atoms. The summed E-state index contributed by atoms with van der Waals surface area (Å²) < 4.78 is 5.95. The maximum atomic E-state index is 13.2. The van der Waals surface area contributed by atoms with E-state index in [9.17, 15) is 19.8 Å². The average molecular weight is 836 g/mol. The van der Waals surface area contributed by atoms with Crippen molar-refractivity contribution in [2.45, 2.75) is 322 Å². The lowest BCUT2D eigenvalue weighted by molar-refractivity contribution is -0.151. The predicted octanol–water partition coefficient (Wildman–Crippen LogP) is 16.0. The Morgan fingerprint density at radius 1 is 0.424 bits per heavy atom. The molecule has 0 aliphatic rings. The van der Waals surface area contributed by atoms with E-state index < -0.39 is 18.2 Å². The molecule has 0 aliphatic carbocycles. The Labute approximate surface area is 368 Å². The van der Waals surface area contributed by atoms with Gasteiger partial charge in [0.2, 0.25) is 5.91 Å². The summed E-state index contributed by atoms with van der Waals surface area (Å²) in [5.74, 6) is -0.449. The van der Waals surface area contributed by atoms with Crippen molar-refractivity contribution in [2.24, 2.45) is 0 Å². The zero-order chi connectivity index (χ0) is 43.1. The highest BCUT2D eigenvalue weighted by atomic mass is 16.5. The molecule has 0 heterocycles. The fraction of sp³-hybridized carbons (Fsp3) is 0.962. The Morgan fingerprint density at radius 2 is 0.712 bits per heavy atom. The van der Waals surface area contributed by atoms with E-state index in [1.807, 2.05) is 0 Å². The first-order chi connectivity index (χ1) is 29.0. The van der Waals surface area contributed by atoms with Gasteiger partial charge in [0.25, 0.3) is 0 Å². The first-order valence-electron chi connectivity index (χ1n) is 26.8. The van der Waals surface area contributed by atoms with Gasteiger partial charge in [-0.2, -0.15) is 0 Å². The van der Waals surface area contributed by atoms with Gasteiger partial charge in [0.15, 0.2) is 0 Å². The second-order valence-corrected chi connectivity index (χ2v) is 18.6. The van der Waals surface area contributed by atoms with Crippen LogP contribution < -0.4 is 5.32 Å². The normalized spacial score (nSPS) is 13.1. The molecule has 0 saturated carbocycles. The molecular formula is C53H105NO5. The van der Waals surface area contributed by atoms with Gasteiger partial charge in [-0.05, 0) is 25.7 Å². The summed E-state index contributed by atoms with van der Waals surface area (Å²) in [6.45, 7) is 6.51. The molecule has 6 heteroatoms. The highest BCUT2D eigenvalue weighted by Crippen LogP contribution is 2.19. The molecular weight excluding hydrogens is 731 g/mol. The van der Waals surface area contributed by atoms with Crippen molar-refractivity contribution >= 4 is 11.9 Å². The topological polar surface area (TPSA) is 95.9 Å². The van der Waals surface area contributed by atoms with Crippen LogP contribution in [0.15, 0.2) is 0 Å². The second-order valence-electron chi connectivity index (χ2n) is 18.6. The van der Waals surface area contributed by atoms with Gasteiger partial charge in [-0.15, -0.1) is 0 Å². The van der Waals surface area contributed by atoms with E-state index in [0.717, 1.165) is 38.5 Å². The summed E-state index contributed by atoms with van der Waals surface area (Å²) in [5.41, 5.74) is 0. The summed E-state index contributed by atoms with van der Waals surface area (Å²) in [6.07, 6.45) is 51.6. The quantitative estimate of drug-likeness (QED) is 0.0419. The van der Waals surface area contributed by atoms with E-state index >= 15 is 0 Å². The highest BCUT2D eigenvalue weighted by molar-refractivity contribution is 5.77. The predicted molar refractivity (Wildman–Crippen MR) is 255 cm³/mol. The number of carbonyl (C=O) groups excluding carboxylic acids is 2. The van der Waals surface area contributed by atoms with Gasteiger partial charge in [0.1, 0.15) is 6.10 Å². The lowest BCUT2D eigenvalue weighted by atomic mass is 10.0. The Morgan fingerprint density at radius 3 is 1.03 bits per heavy atom. The van der Waals surface area contributed by atoms with Gasteiger partial charge in [-0.1, -0.05) is 265 Å². The standard InChI is InChI=1S/C53H105NO5/c1-4-7-10-13-16-19-22-24-25-26-28-31-34-37-40-43-46-53(58)59-49(44-41-38-35-32-30-27-23-20-17-14-11-8-5-2)47-52(57)54-50(48-55)51(56)45-42-39-36-33-29-21-18-15-12-9-6-3/h49-51,55-56H,4-48H2,1-3H3,(H,54,57). The molecule has 59 heavy (non-hydrogen) atoms. The number of amides is 1. The van der Waals surface area contributed by atoms with Crippen LogP contribution in [0.1, 0.15) is 303 Å². The van der Waals surface area contributed by atoms with Gasteiger partial charge in [-0.3, -0.25) is 9.59 Å². The second kappa shape index (κ2) is 47.9. The number of nitrogens with one attached hydrogen (secondary N) is 1. The third-order valence-electron chi connectivity index (χ3n) is 12.7. The lowest BCUT2D eigenvalue weighted by Gasteiger charge is -2.24. The van der Waals surface area contributed by atoms with Crippen LogP contribution >= 0.6 is 0 Å². The molecule has 0 radical (unpaired) electrons. The maximum absolute atomic E-state index is 13.2. The Hall–Kier alpha value is -1.14. The van der Waals surface area contributed by atoms with Crippen LogP contribution in [0.4, 0.5) is 0 Å². The fourth-order valence-corrected chi connectivity index (χ4v) is 8.61. The van der Waals surface area contributed by atoms with Crippen LogP contribution in [0.3, 0.4) is 0 Å². The van der Waals surface area contributed by atoms with Gasteiger partial charge in [-0.25, -0.2) is 0 Å². The first-order valence-corrected chi connectivity index (χ1v) is 26.8. The third-order valence-corrected chi connectivity index (χ3v) is 12.7. The molecule has 1 amide bonds. The lowest BCUT2D eigenvalue weighted by Crippen LogP contribution is -2.46. The van der Waals surface area contributed by atoms with E-state index in [2.05, 4.69) is 26.1 Å². The van der Waals surface area contributed by atoms with Gasteiger partial charge < -0.3 is 20.3 Å². The number of hydrogen-bond donors (Lipinski definition) is 3. The van der Waals surface area contributed by atoms with Crippen molar-refractivity contribution in [3.05, 3.63) is 0 Å². The molecule has 0 fully saturated rings. The minimum atomic E-state index is -0.778. The van der Waals surface area contributed by atoms with Crippen molar-refractivity contribution < 1.29 is 24.5 Å². The number of ether oxygens (including phenoxy) is 1. The zero-order valence-electron chi connectivity index (χ0n) is 40.2. The van der Waals surface area contributed by atoms with Crippen molar-refractivity contribution in [3.63, 3.8) is 0 Å². The van der Waals surface area contributed by atoms with Gasteiger partial charge in [0, 0.05) is 6.42 Å². The fourth-order valence-electron chi connectivity index (χ4n) is 8.61. The summed E-state index contributed by atoms with van der Waals surface area (Å²) in [6, 6.07) is -0.691. The minimum Gasteiger partial charge on any atom is -0.462 e. The van der Waals surface area contributed by atoms with E-state index in [1.54, 1.807) is 0 Å². The summed E-state index contributed by atoms with van der Waals surface area (Å²) in [4.78, 5) is 26.1. The highest BCUT2D eigenvalue weighted by Gasteiger charge is 2.24. The molecule has 0 aromatic heterocycles. The molecule has 0 aromatic rings. The van der Waals surface area contributed by atoms with Crippen molar-refractivity contribution in [3.8, 4) is 0 Å². The molecule has 3 unspecified atom stereocenters. The van der Waals surface area contributed by atoms with E-state index in [1.165, 1.54) is 218 Å². The van der Waals surface area contributed by atoms with E-state index in [4.69, 9.17) is 4.74 Å². The number of aliphatic hydroxyl groups excluding tert-OH is 2. The van der Waals surface area contributed by atoms with Crippen LogP contribution in [0, 0.1) is 0 Å². The van der Waals surface area contributed by atoms with Crippen molar-refractivity contribution in [1.29, 1.82) is 0 Å². The number of carbonyl (C=O) groups is 2. The number of esters is 1. The Balaban J connectivity index is 4.49. The van der Waals surface area contributed by atoms with Crippen LogP contribution in [-0.4, -0.2) is 46.9 Å². The van der Waals surface area contributed by atoms with Gasteiger partial charge in [0.05, 0.1) is 25.2 Å². The van der Waals surface area contributed by atoms with Crippen LogP contribution in [0.2, 0.25) is 0 Å². The first kappa shape index (κ1) is 57.9. The molecule has 3 N–H and O–H groups in total. The van der Waals surface area contributed by atoms with Crippen LogP contribution in [0.5, 0.6) is 0 Å². The smallest absolute Gasteiger partial charge is 0.306 e. The van der Waals surface area contributed by atoms with Crippen molar-refractivity contribution in [2.75, 3.05) is 6.61 Å². The SMILES string of the molecule is CCCCCCCCCCCCCCCCCCC(=O)OC(CCCCCCCCCCCCCCC)CC(=O)NC(CO)C(O)CCCCCCCCCCCCC. The molecule has 0 rings (SSSR count). The molecule has 0 bridgehead atoms. The molecule has 352 valence electrons. The molecule has 0 saturated heterocycles. The molecule has 0 aliphatic heterocycles. The Kier molecular flexibility index (Phi) is 47.0. The zero-order valence-corrected chi connectivity index (χ0v) is 40.2. The molecule has 3 atom stereocenters. The van der Waals surface area contributed by atoms with Crippen molar-refractivity contribution in [1.82, 2.24) is 5.32 Å². The van der Waals surface area contributed by atoms with E-state index in [-0.39, 0.29) is 24.9 Å². The Bertz CT molecular complexity index is 852.